The van der Waals surface area contributed by atoms with Crippen molar-refractivity contribution in [2.45, 2.75) is 6.92 Å². The highest BCUT2D eigenvalue weighted by Crippen LogP contribution is 2.17. The average molecular weight is 240 g/mol. The van der Waals surface area contributed by atoms with Gasteiger partial charge in [-0.05, 0) is 19.1 Å². The summed E-state index contributed by atoms with van der Waals surface area (Å²) in [5, 5.41) is 8.55. The molecular formula is C14H12N2O2. The van der Waals surface area contributed by atoms with Crippen LogP contribution >= 0.6 is 0 Å². The molecule has 1 aromatic carbocycles. The van der Waals surface area contributed by atoms with E-state index < -0.39 is 5.97 Å². The van der Waals surface area contributed by atoms with Gasteiger partial charge in [-0.3, -0.25) is 0 Å². The first kappa shape index (κ1) is 12.0. The zero-order chi connectivity index (χ0) is 13.0. The molecular weight excluding hydrogens is 228 g/mol. The van der Waals surface area contributed by atoms with Crippen molar-refractivity contribution in [3.8, 4) is 11.3 Å². The van der Waals surface area contributed by atoms with Crippen molar-refractivity contribution in [1.29, 1.82) is 0 Å². The van der Waals surface area contributed by atoms with Gasteiger partial charge in [-0.2, -0.15) is 0 Å². The molecule has 0 aliphatic rings. The van der Waals surface area contributed by atoms with Crippen LogP contribution in [0.15, 0.2) is 42.6 Å². The molecule has 90 valence electrons. The lowest BCUT2D eigenvalue weighted by Crippen LogP contribution is -1.92. The van der Waals surface area contributed by atoms with E-state index >= 15 is 0 Å². The molecule has 0 amide bonds. The summed E-state index contributed by atoms with van der Waals surface area (Å²) < 4.78 is 0. The van der Waals surface area contributed by atoms with Crippen molar-refractivity contribution < 1.29 is 9.90 Å². The summed E-state index contributed by atoms with van der Waals surface area (Å²) in [4.78, 5) is 18.7. The number of carboxylic acid groups (broad SMARTS) is 1. The first-order valence-corrected chi connectivity index (χ1v) is 5.46. The molecule has 1 aromatic heterocycles. The Bertz CT molecular complexity index is 589. The summed E-state index contributed by atoms with van der Waals surface area (Å²) in [6.45, 7) is 2.02. The van der Waals surface area contributed by atoms with Crippen LogP contribution in [0.2, 0.25) is 0 Å². The topological polar surface area (TPSA) is 63.1 Å². The van der Waals surface area contributed by atoms with Gasteiger partial charge >= 0.3 is 5.97 Å². The molecule has 0 unspecified atom stereocenters. The molecule has 4 nitrogen and oxygen atoms in total. The van der Waals surface area contributed by atoms with E-state index in [4.69, 9.17) is 5.11 Å². The molecule has 0 fully saturated rings. The third kappa shape index (κ3) is 3.01. The Hall–Kier alpha value is -2.49. The van der Waals surface area contributed by atoms with E-state index in [2.05, 4.69) is 9.97 Å². The fraction of sp³-hybridized carbons (Fsp3) is 0.0714. The number of aliphatic carboxylic acids is 1. The van der Waals surface area contributed by atoms with E-state index in [1.807, 2.05) is 31.2 Å². The van der Waals surface area contributed by atoms with E-state index in [1.165, 1.54) is 11.6 Å². The number of carbonyl (C=O) groups is 1. The summed E-state index contributed by atoms with van der Waals surface area (Å²) in [6, 6.07) is 9.75. The number of rotatable bonds is 3. The fourth-order valence-electron chi connectivity index (χ4n) is 1.49. The summed E-state index contributed by atoms with van der Waals surface area (Å²) >= 11 is 0. The van der Waals surface area contributed by atoms with Gasteiger partial charge in [0.1, 0.15) is 0 Å². The number of hydrogen-bond donors (Lipinski definition) is 1. The summed E-state index contributed by atoms with van der Waals surface area (Å²) in [6.07, 6.45) is 4.01. The van der Waals surface area contributed by atoms with Crippen molar-refractivity contribution in [1.82, 2.24) is 9.97 Å². The first-order valence-electron chi connectivity index (χ1n) is 5.46. The number of carboxylic acids is 1. The van der Waals surface area contributed by atoms with Crippen LogP contribution in [-0.4, -0.2) is 21.0 Å². The van der Waals surface area contributed by atoms with Crippen molar-refractivity contribution in [2.24, 2.45) is 0 Å². The molecule has 0 saturated heterocycles. The van der Waals surface area contributed by atoms with Crippen molar-refractivity contribution in [2.75, 3.05) is 0 Å². The van der Waals surface area contributed by atoms with Crippen LogP contribution < -0.4 is 0 Å². The van der Waals surface area contributed by atoms with Crippen LogP contribution in [-0.2, 0) is 4.79 Å². The average Bonchev–Trinajstić information content (AvgIpc) is 2.37. The minimum absolute atomic E-state index is 0.385. The second kappa shape index (κ2) is 5.23. The van der Waals surface area contributed by atoms with Crippen LogP contribution in [0.3, 0.4) is 0 Å². The smallest absolute Gasteiger partial charge is 0.328 e. The molecule has 2 aromatic rings. The Morgan fingerprint density at radius 2 is 1.94 bits per heavy atom. The monoisotopic (exact) mass is 240 g/mol. The Kier molecular flexibility index (Phi) is 3.48. The van der Waals surface area contributed by atoms with E-state index in [-0.39, 0.29) is 0 Å². The number of hydrogen-bond acceptors (Lipinski definition) is 3. The number of aryl methyl sites for hydroxylation is 1. The lowest BCUT2D eigenvalue weighted by Gasteiger charge is -2.01. The Morgan fingerprint density at radius 1 is 1.22 bits per heavy atom. The predicted molar refractivity (Wildman–Crippen MR) is 68.9 cm³/mol. The van der Waals surface area contributed by atoms with E-state index in [0.717, 1.165) is 17.3 Å². The number of aromatic nitrogens is 2. The Labute approximate surface area is 105 Å². The van der Waals surface area contributed by atoms with E-state index in [9.17, 15) is 4.79 Å². The lowest BCUT2D eigenvalue weighted by molar-refractivity contribution is -0.131. The molecule has 0 aliphatic heterocycles. The van der Waals surface area contributed by atoms with Crippen molar-refractivity contribution in [3.05, 3.63) is 54.0 Å². The molecule has 0 saturated carbocycles. The van der Waals surface area contributed by atoms with Crippen molar-refractivity contribution >= 4 is 12.0 Å². The van der Waals surface area contributed by atoms with E-state index in [0.29, 0.717) is 5.82 Å². The maximum atomic E-state index is 10.4. The van der Waals surface area contributed by atoms with Gasteiger partial charge in [0.25, 0.3) is 0 Å². The van der Waals surface area contributed by atoms with Gasteiger partial charge in [-0.25, -0.2) is 14.8 Å². The van der Waals surface area contributed by atoms with Gasteiger partial charge < -0.3 is 5.11 Å². The molecule has 0 radical (unpaired) electrons. The highest BCUT2D eigenvalue weighted by atomic mass is 16.4. The Balaban J connectivity index is 2.32. The molecule has 18 heavy (non-hydrogen) atoms. The second-order valence-electron chi connectivity index (χ2n) is 3.84. The van der Waals surface area contributed by atoms with Crippen LogP contribution in [0.4, 0.5) is 0 Å². The zero-order valence-electron chi connectivity index (χ0n) is 9.87. The zero-order valence-corrected chi connectivity index (χ0v) is 9.87. The van der Waals surface area contributed by atoms with Gasteiger partial charge in [-0.15, -0.1) is 0 Å². The summed E-state index contributed by atoms with van der Waals surface area (Å²) in [7, 11) is 0. The minimum Gasteiger partial charge on any atom is -0.478 e. The Morgan fingerprint density at radius 3 is 2.61 bits per heavy atom. The minimum atomic E-state index is -1.01. The van der Waals surface area contributed by atoms with Crippen LogP contribution in [0.5, 0.6) is 0 Å². The summed E-state index contributed by atoms with van der Waals surface area (Å²) in [5.41, 5.74) is 2.93. The van der Waals surface area contributed by atoms with Crippen molar-refractivity contribution in [3.63, 3.8) is 0 Å². The van der Waals surface area contributed by atoms with Gasteiger partial charge in [-0.1, -0.05) is 29.8 Å². The van der Waals surface area contributed by atoms with Gasteiger partial charge in [0.05, 0.1) is 5.69 Å². The first-order chi connectivity index (χ1) is 8.65. The largest absolute Gasteiger partial charge is 0.478 e. The third-order valence-corrected chi connectivity index (χ3v) is 2.40. The predicted octanol–water partition coefficient (Wildman–Crippen LogP) is 2.55. The van der Waals surface area contributed by atoms with Crippen LogP contribution in [0.1, 0.15) is 11.4 Å². The highest BCUT2D eigenvalue weighted by Gasteiger charge is 2.00. The number of nitrogens with zero attached hydrogens (tertiary/aromatic N) is 2. The highest BCUT2D eigenvalue weighted by molar-refractivity contribution is 5.84. The molecule has 0 spiro atoms. The second-order valence-corrected chi connectivity index (χ2v) is 3.84. The molecule has 1 N–H and O–H groups in total. The van der Waals surface area contributed by atoms with Gasteiger partial charge in [0, 0.05) is 17.8 Å². The fourth-order valence-corrected chi connectivity index (χ4v) is 1.49. The van der Waals surface area contributed by atoms with Gasteiger partial charge in [0.15, 0.2) is 5.82 Å². The van der Waals surface area contributed by atoms with Crippen LogP contribution in [0.25, 0.3) is 17.3 Å². The lowest BCUT2D eigenvalue weighted by atomic mass is 10.1. The molecule has 2 rings (SSSR count). The van der Waals surface area contributed by atoms with E-state index in [1.54, 1.807) is 12.3 Å². The summed E-state index contributed by atoms with van der Waals surface area (Å²) in [5.74, 6) is -0.630. The van der Waals surface area contributed by atoms with Crippen LogP contribution in [0, 0.1) is 6.92 Å². The maximum Gasteiger partial charge on any atom is 0.328 e. The third-order valence-electron chi connectivity index (χ3n) is 2.40. The molecule has 0 bridgehead atoms. The normalized spacial score (nSPS) is 10.7. The molecule has 1 heterocycles. The molecule has 4 heteroatoms. The SMILES string of the molecule is Cc1ccc(-c2ccnc(/C=C/C(=O)O)n2)cc1. The molecule has 0 atom stereocenters. The van der Waals surface area contributed by atoms with Gasteiger partial charge in [0.2, 0.25) is 0 Å². The molecule has 0 aliphatic carbocycles. The quantitative estimate of drug-likeness (QED) is 0.837. The standard InChI is InChI=1S/C14H12N2O2/c1-10-2-4-11(5-3-10)12-8-9-15-13(16-12)6-7-14(17)18/h2-9H,1H3,(H,17,18)/b7-6+. The number of benzene rings is 1. The maximum absolute atomic E-state index is 10.4.